The molecule has 3 heteroatoms. The minimum atomic E-state index is -0.0896. The van der Waals surface area contributed by atoms with Crippen molar-refractivity contribution in [2.45, 2.75) is 33.1 Å². The zero-order valence-corrected chi connectivity index (χ0v) is 15.9. The first kappa shape index (κ1) is 18.7. The van der Waals surface area contributed by atoms with Crippen LogP contribution in [-0.2, 0) is 11.2 Å². The maximum Gasteiger partial charge on any atom is 0.227 e. The quantitative estimate of drug-likeness (QED) is 0.805. The number of hydrogen-bond acceptors (Lipinski definition) is 2. The van der Waals surface area contributed by atoms with Crippen molar-refractivity contribution >= 4 is 11.6 Å². The molecule has 138 valence electrons. The first-order valence-corrected chi connectivity index (χ1v) is 9.70. The van der Waals surface area contributed by atoms with E-state index >= 15 is 0 Å². The molecule has 0 saturated carbocycles. The van der Waals surface area contributed by atoms with Crippen LogP contribution < -0.4 is 10.6 Å². The Kier molecular flexibility index (Phi) is 6.10. The summed E-state index contributed by atoms with van der Waals surface area (Å²) < 4.78 is 0. The van der Waals surface area contributed by atoms with E-state index in [2.05, 4.69) is 54.8 Å². The maximum absolute atomic E-state index is 13.1. The smallest absolute Gasteiger partial charge is 0.227 e. The molecule has 1 aliphatic rings. The molecule has 0 aliphatic carbocycles. The van der Waals surface area contributed by atoms with Gasteiger partial charge in [0.2, 0.25) is 5.91 Å². The minimum absolute atomic E-state index is 0.0761. The van der Waals surface area contributed by atoms with E-state index in [1.165, 1.54) is 18.4 Å². The van der Waals surface area contributed by atoms with Crippen molar-refractivity contribution in [2.24, 2.45) is 17.3 Å². The fourth-order valence-corrected chi connectivity index (χ4v) is 4.17. The van der Waals surface area contributed by atoms with E-state index in [0.29, 0.717) is 5.92 Å². The molecule has 3 atom stereocenters. The molecule has 1 amide bonds. The Bertz CT molecular complexity index is 695. The molecule has 1 saturated heterocycles. The minimum Gasteiger partial charge on any atom is -0.326 e. The molecule has 1 fully saturated rings. The molecular weight excluding hydrogens is 320 g/mol. The summed E-state index contributed by atoms with van der Waals surface area (Å²) in [5.41, 5.74) is 2.08. The highest BCUT2D eigenvalue weighted by atomic mass is 16.1. The number of anilines is 1. The highest BCUT2D eigenvalue weighted by Crippen LogP contribution is 2.42. The van der Waals surface area contributed by atoms with Crippen LogP contribution in [0.25, 0.3) is 0 Å². The Labute approximate surface area is 157 Å². The van der Waals surface area contributed by atoms with Gasteiger partial charge in [-0.25, -0.2) is 0 Å². The van der Waals surface area contributed by atoms with Gasteiger partial charge in [-0.2, -0.15) is 0 Å². The summed E-state index contributed by atoms with van der Waals surface area (Å²) in [4.78, 5) is 13.1. The Balaban J connectivity index is 1.82. The van der Waals surface area contributed by atoms with Gasteiger partial charge in [0.25, 0.3) is 0 Å². The monoisotopic (exact) mass is 350 g/mol. The highest BCUT2D eigenvalue weighted by Gasteiger charge is 2.42. The van der Waals surface area contributed by atoms with Crippen LogP contribution in [-0.4, -0.2) is 19.0 Å². The Morgan fingerprint density at radius 1 is 1.15 bits per heavy atom. The summed E-state index contributed by atoms with van der Waals surface area (Å²) in [6.45, 7) is 6.47. The number of hydrogen-bond donors (Lipinski definition) is 2. The van der Waals surface area contributed by atoms with Gasteiger partial charge in [0, 0.05) is 11.6 Å². The van der Waals surface area contributed by atoms with Gasteiger partial charge in [-0.05, 0) is 61.4 Å². The van der Waals surface area contributed by atoms with Gasteiger partial charge in [-0.1, -0.05) is 62.4 Å². The summed E-state index contributed by atoms with van der Waals surface area (Å²) >= 11 is 0. The van der Waals surface area contributed by atoms with Crippen molar-refractivity contribution in [2.75, 3.05) is 18.4 Å². The molecule has 3 unspecified atom stereocenters. The van der Waals surface area contributed by atoms with E-state index in [-0.39, 0.29) is 17.2 Å². The van der Waals surface area contributed by atoms with Gasteiger partial charge >= 0.3 is 0 Å². The van der Waals surface area contributed by atoms with E-state index < -0.39 is 0 Å². The lowest BCUT2D eigenvalue weighted by Gasteiger charge is -2.44. The molecule has 2 aromatic carbocycles. The summed E-state index contributed by atoms with van der Waals surface area (Å²) in [6, 6.07) is 20.3. The second-order valence-electron chi connectivity index (χ2n) is 7.79. The Morgan fingerprint density at radius 3 is 2.42 bits per heavy atom. The van der Waals surface area contributed by atoms with Crippen LogP contribution in [0.4, 0.5) is 5.69 Å². The molecule has 0 radical (unpaired) electrons. The number of amides is 1. The summed E-state index contributed by atoms with van der Waals surface area (Å²) in [5, 5.41) is 6.65. The Hall–Kier alpha value is -2.13. The first-order chi connectivity index (χ1) is 12.6. The molecule has 2 N–H and O–H groups in total. The molecule has 26 heavy (non-hydrogen) atoms. The average molecular weight is 351 g/mol. The number of carbonyl (C=O) groups is 1. The van der Waals surface area contributed by atoms with E-state index in [1.54, 1.807) is 0 Å². The van der Waals surface area contributed by atoms with Crippen LogP contribution >= 0.6 is 0 Å². The predicted octanol–water partition coefficient (Wildman–Crippen LogP) is 4.51. The molecule has 0 aromatic heterocycles. The van der Waals surface area contributed by atoms with Crippen LogP contribution in [0.5, 0.6) is 0 Å². The number of nitrogens with one attached hydrogen (secondary N) is 2. The van der Waals surface area contributed by atoms with Crippen LogP contribution in [0.2, 0.25) is 0 Å². The molecule has 0 spiro atoms. The second-order valence-corrected chi connectivity index (χ2v) is 7.79. The third-order valence-electron chi connectivity index (χ3n) is 6.08. The first-order valence-electron chi connectivity index (χ1n) is 9.70. The number of carbonyl (C=O) groups excluding carboxylic acids is 1. The van der Waals surface area contributed by atoms with Crippen LogP contribution in [0, 0.1) is 17.3 Å². The normalized spacial score (nSPS) is 20.8. The van der Waals surface area contributed by atoms with Crippen LogP contribution in [0.3, 0.4) is 0 Å². The molecule has 3 nitrogen and oxygen atoms in total. The van der Waals surface area contributed by atoms with Crippen molar-refractivity contribution in [3.8, 4) is 0 Å². The van der Waals surface area contributed by atoms with Crippen LogP contribution in [0.1, 0.15) is 32.3 Å². The number of rotatable bonds is 6. The number of piperidine rings is 1. The zero-order valence-electron chi connectivity index (χ0n) is 15.9. The second kappa shape index (κ2) is 8.50. The zero-order chi connectivity index (χ0) is 18.4. The van der Waals surface area contributed by atoms with Crippen molar-refractivity contribution in [3.05, 3.63) is 66.2 Å². The molecular formula is C23H30N2O. The SMILES string of the molecule is CC(C(=O)Nc1ccccc1)C(C)(Cc1ccccc1)C1CCCNC1. The van der Waals surface area contributed by atoms with Gasteiger partial charge in [0.1, 0.15) is 0 Å². The molecule has 0 bridgehead atoms. The van der Waals surface area contributed by atoms with Gasteiger partial charge in [0.05, 0.1) is 0 Å². The van der Waals surface area contributed by atoms with Crippen molar-refractivity contribution in [1.82, 2.24) is 5.32 Å². The van der Waals surface area contributed by atoms with Gasteiger partial charge in [0.15, 0.2) is 0 Å². The molecule has 1 heterocycles. The standard InChI is InChI=1S/C23H30N2O/c1-18(22(26)25-21-13-7-4-8-14-21)23(2,20-12-9-15-24-17-20)16-19-10-5-3-6-11-19/h3-8,10-11,13-14,18,20,24H,9,12,15-17H2,1-2H3,(H,25,26). The fraction of sp³-hybridized carbons (Fsp3) is 0.435. The maximum atomic E-state index is 13.1. The third kappa shape index (κ3) is 4.34. The van der Waals surface area contributed by atoms with E-state index in [1.807, 2.05) is 30.3 Å². The molecule has 2 aromatic rings. The average Bonchev–Trinajstić information content (AvgIpc) is 2.69. The lowest BCUT2D eigenvalue weighted by atomic mass is 9.63. The van der Waals surface area contributed by atoms with E-state index in [0.717, 1.165) is 25.2 Å². The summed E-state index contributed by atoms with van der Waals surface area (Å²) in [5.74, 6) is 0.529. The topological polar surface area (TPSA) is 41.1 Å². The third-order valence-corrected chi connectivity index (χ3v) is 6.08. The fourth-order valence-electron chi connectivity index (χ4n) is 4.17. The number of para-hydroxylation sites is 1. The largest absolute Gasteiger partial charge is 0.326 e. The lowest BCUT2D eigenvalue weighted by Crippen LogP contribution is -2.47. The van der Waals surface area contributed by atoms with Crippen molar-refractivity contribution < 1.29 is 4.79 Å². The van der Waals surface area contributed by atoms with Gasteiger partial charge in [-0.15, -0.1) is 0 Å². The van der Waals surface area contributed by atoms with Crippen molar-refractivity contribution in [1.29, 1.82) is 0 Å². The molecule has 1 aliphatic heterocycles. The predicted molar refractivity (Wildman–Crippen MR) is 108 cm³/mol. The van der Waals surface area contributed by atoms with E-state index in [4.69, 9.17) is 0 Å². The lowest BCUT2D eigenvalue weighted by molar-refractivity contribution is -0.124. The van der Waals surface area contributed by atoms with Gasteiger partial charge < -0.3 is 10.6 Å². The Morgan fingerprint density at radius 2 is 1.81 bits per heavy atom. The highest BCUT2D eigenvalue weighted by molar-refractivity contribution is 5.92. The molecule has 3 rings (SSSR count). The summed E-state index contributed by atoms with van der Waals surface area (Å²) in [7, 11) is 0. The summed E-state index contributed by atoms with van der Waals surface area (Å²) in [6.07, 6.45) is 3.28. The van der Waals surface area contributed by atoms with E-state index in [9.17, 15) is 4.79 Å². The van der Waals surface area contributed by atoms with Crippen LogP contribution in [0.15, 0.2) is 60.7 Å². The van der Waals surface area contributed by atoms with Gasteiger partial charge in [-0.3, -0.25) is 4.79 Å². The number of benzene rings is 2. The van der Waals surface area contributed by atoms with Crippen molar-refractivity contribution in [3.63, 3.8) is 0 Å².